The van der Waals surface area contributed by atoms with Crippen LogP contribution in [0, 0.1) is 0 Å². The van der Waals surface area contributed by atoms with Crippen molar-refractivity contribution in [1.29, 1.82) is 0 Å². The summed E-state index contributed by atoms with van der Waals surface area (Å²) in [4.78, 5) is 23.6. The van der Waals surface area contributed by atoms with Crippen LogP contribution in [0.3, 0.4) is 0 Å². The first-order chi connectivity index (χ1) is 11.7. The number of hydrogen-bond donors (Lipinski definition) is 0. The van der Waals surface area contributed by atoms with Crippen molar-refractivity contribution in [3.63, 3.8) is 0 Å². The maximum atomic E-state index is 12.5. The average molecular weight is 323 g/mol. The van der Waals surface area contributed by atoms with Crippen molar-refractivity contribution in [3.8, 4) is 5.75 Å². The number of nitrogens with zero attached hydrogens (tertiary/aromatic N) is 3. The molecule has 1 atom stereocenters. The molecule has 1 aromatic heterocycles. The van der Waals surface area contributed by atoms with Gasteiger partial charge in [0.2, 0.25) is 0 Å². The topological polar surface area (TPSA) is 55.3 Å². The summed E-state index contributed by atoms with van der Waals surface area (Å²) in [5.74, 6) is 1.79. The van der Waals surface area contributed by atoms with Gasteiger partial charge >= 0.3 is 0 Å². The van der Waals surface area contributed by atoms with E-state index in [9.17, 15) is 4.79 Å². The summed E-state index contributed by atoms with van der Waals surface area (Å²) in [6.45, 7) is 4.51. The zero-order chi connectivity index (χ0) is 16.6. The molecule has 3 heterocycles. The summed E-state index contributed by atoms with van der Waals surface area (Å²) >= 11 is 0. The highest BCUT2D eigenvalue weighted by molar-refractivity contribution is 6.00. The summed E-state index contributed by atoms with van der Waals surface area (Å²) in [7, 11) is 0. The zero-order valence-electron chi connectivity index (χ0n) is 13.9. The normalized spacial score (nSPS) is 23.3. The Balaban J connectivity index is 1.49. The standard InChI is InChI=1S/C19H21N3O2/c1-2-18-20-9-7-14(21-18)12-22-10-8-19(13-22)11-16(23)15-5-3-4-6-17(15)24-19/h3-7,9H,2,8,10-13H2,1H3. The van der Waals surface area contributed by atoms with Crippen molar-refractivity contribution in [2.75, 3.05) is 13.1 Å². The second kappa shape index (κ2) is 5.98. The van der Waals surface area contributed by atoms with Gasteiger partial charge in [-0.25, -0.2) is 9.97 Å². The quantitative estimate of drug-likeness (QED) is 0.869. The minimum atomic E-state index is -0.383. The number of ether oxygens (including phenoxy) is 1. The van der Waals surface area contributed by atoms with Gasteiger partial charge in [0, 0.05) is 38.7 Å². The Labute approximate surface area is 141 Å². The second-order valence-corrected chi connectivity index (χ2v) is 6.66. The predicted octanol–water partition coefficient (Wildman–Crippen LogP) is 2.65. The Morgan fingerprint density at radius 2 is 2.17 bits per heavy atom. The molecule has 1 spiro atoms. The SMILES string of the molecule is CCc1nccc(CN2CCC3(CC(=O)c4ccccc4O3)C2)n1. The number of hydrogen-bond acceptors (Lipinski definition) is 5. The third-order valence-electron chi connectivity index (χ3n) is 4.86. The van der Waals surface area contributed by atoms with Crippen LogP contribution in [0.4, 0.5) is 0 Å². The Bertz CT molecular complexity index is 777. The molecule has 4 rings (SSSR count). The van der Waals surface area contributed by atoms with Gasteiger partial charge in [0.1, 0.15) is 17.2 Å². The lowest BCUT2D eigenvalue weighted by Crippen LogP contribution is -2.44. The van der Waals surface area contributed by atoms with Crippen LogP contribution in [0.1, 0.15) is 41.6 Å². The van der Waals surface area contributed by atoms with Crippen LogP contribution in [0.15, 0.2) is 36.5 Å². The van der Waals surface area contributed by atoms with Gasteiger partial charge in [-0.3, -0.25) is 9.69 Å². The lowest BCUT2D eigenvalue weighted by molar-refractivity contribution is 0.0454. The number of carbonyl (C=O) groups excluding carboxylic acids is 1. The van der Waals surface area contributed by atoms with E-state index in [4.69, 9.17) is 4.74 Å². The number of para-hydroxylation sites is 1. The van der Waals surface area contributed by atoms with Crippen LogP contribution in [-0.4, -0.2) is 39.3 Å². The number of fused-ring (bicyclic) bond motifs is 1. The van der Waals surface area contributed by atoms with Gasteiger partial charge in [0.25, 0.3) is 0 Å². The molecule has 1 fully saturated rings. The molecule has 24 heavy (non-hydrogen) atoms. The number of rotatable bonds is 3. The molecule has 0 N–H and O–H groups in total. The van der Waals surface area contributed by atoms with Gasteiger partial charge in [-0.1, -0.05) is 19.1 Å². The third-order valence-corrected chi connectivity index (χ3v) is 4.86. The monoisotopic (exact) mass is 323 g/mol. The molecule has 2 aliphatic heterocycles. The first-order valence-electron chi connectivity index (χ1n) is 8.52. The third kappa shape index (κ3) is 2.80. The van der Waals surface area contributed by atoms with E-state index < -0.39 is 0 Å². The number of likely N-dealkylation sites (tertiary alicyclic amines) is 1. The number of carbonyl (C=O) groups is 1. The van der Waals surface area contributed by atoms with Crippen LogP contribution >= 0.6 is 0 Å². The summed E-state index contributed by atoms with van der Waals surface area (Å²) in [6, 6.07) is 9.52. The molecule has 2 aromatic rings. The Kier molecular flexibility index (Phi) is 3.81. The lowest BCUT2D eigenvalue weighted by atomic mass is 9.89. The number of aryl methyl sites for hydroxylation is 1. The molecular weight excluding hydrogens is 302 g/mol. The van der Waals surface area contributed by atoms with Gasteiger partial charge in [-0.2, -0.15) is 0 Å². The van der Waals surface area contributed by atoms with E-state index in [0.717, 1.165) is 49.7 Å². The van der Waals surface area contributed by atoms with E-state index in [1.165, 1.54) is 0 Å². The van der Waals surface area contributed by atoms with Gasteiger partial charge in [-0.15, -0.1) is 0 Å². The molecule has 0 radical (unpaired) electrons. The molecule has 1 unspecified atom stereocenters. The summed E-state index contributed by atoms with van der Waals surface area (Å²) in [6.07, 6.45) is 4.00. The molecule has 5 nitrogen and oxygen atoms in total. The Morgan fingerprint density at radius 3 is 3.04 bits per heavy atom. The molecule has 2 aliphatic rings. The zero-order valence-corrected chi connectivity index (χ0v) is 13.9. The van der Waals surface area contributed by atoms with E-state index in [1.807, 2.05) is 36.5 Å². The predicted molar refractivity (Wildman–Crippen MR) is 90.1 cm³/mol. The maximum Gasteiger partial charge on any atom is 0.170 e. The van der Waals surface area contributed by atoms with Crippen LogP contribution < -0.4 is 4.74 Å². The van der Waals surface area contributed by atoms with Gasteiger partial charge in [-0.05, 0) is 18.2 Å². The van der Waals surface area contributed by atoms with Crippen LogP contribution in [0.25, 0.3) is 0 Å². The van der Waals surface area contributed by atoms with Crippen LogP contribution in [-0.2, 0) is 13.0 Å². The fraction of sp³-hybridized carbons (Fsp3) is 0.421. The summed E-state index contributed by atoms with van der Waals surface area (Å²) < 4.78 is 6.27. The molecule has 124 valence electrons. The van der Waals surface area contributed by atoms with E-state index in [0.29, 0.717) is 12.0 Å². The van der Waals surface area contributed by atoms with Crippen molar-refractivity contribution in [3.05, 3.63) is 53.6 Å². The van der Waals surface area contributed by atoms with Crippen LogP contribution in [0.5, 0.6) is 5.75 Å². The van der Waals surface area contributed by atoms with Gasteiger partial charge in [0.05, 0.1) is 17.7 Å². The fourth-order valence-corrected chi connectivity index (χ4v) is 3.66. The van der Waals surface area contributed by atoms with Gasteiger partial charge < -0.3 is 4.74 Å². The maximum absolute atomic E-state index is 12.5. The fourth-order valence-electron chi connectivity index (χ4n) is 3.66. The van der Waals surface area contributed by atoms with E-state index in [1.54, 1.807) is 0 Å². The molecule has 1 saturated heterocycles. The number of benzene rings is 1. The highest BCUT2D eigenvalue weighted by Crippen LogP contribution is 2.38. The first-order valence-corrected chi connectivity index (χ1v) is 8.52. The molecule has 5 heteroatoms. The van der Waals surface area contributed by atoms with Crippen molar-refractivity contribution in [2.24, 2.45) is 0 Å². The smallest absolute Gasteiger partial charge is 0.170 e. The first kappa shape index (κ1) is 15.3. The van der Waals surface area contributed by atoms with Gasteiger partial charge in [0.15, 0.2) is 5.78 Å². The average Bonchev–Trinajstić information content (AvgIpc) is 2.96. The van der Waals surface area contributed by atoms with Crippen LogP contribution in [0.2, 0.25) is 0 Å². The molecule has 0 bridgehead atoms. The Morgan fingerprint density at radius 1 is 1.29 bits per heavy atom. The molecule has 0 saturated carbocycles. The minimum Gasteiger partial charge on any atom is -0.485 e. The van der Waals surface area contributed by atoms with Crippen molar-refractivity contribution in [2.45, 2.75) is 38.3 Å². The molecular formula is C19H21N3O2. The van der Waals surface area contributed by atoms with Crippen molar-refractivity contribution < 1.29 is 9.53 Å². The van der Waals surface area contributed by atoms with E-state index in [-0.39, 0.29) is 11.4 Å². The summed E-state index contributed by atoms with van der Waals surface area (Å²) in [5.41, 5.74) is 1.36. The number of ketones is 1. The Hall–Kier alpha value is -2.27. The summed E-state index contributed by atoms with van der Waals surface area (Å²) in [5, 5.41) is 0. The van der Waals surface area contributed by atoms with Crippen molar-refractivity contribution in [1.82, 2.24) is 14.9 Å². The highest BCUT2D eigenvalue weighted by atomic mass is 16.5. The second-order valence-electron chi connectivity index (χ2n) is 6.66. The molecule has 0 amide bonds. The largest absolute Gasteiger partial charge is 0.485 e. The number of aromatic nitrogens is 2. The van der Waals surface area contributed by atoms with Crippen molar-refractivity contribution >= 4 is 5.78 Å². The minimum absolute atomic E-state index is 0.189. The van der Waals surface area contributed by atoms with E-state index >= 15 is 0 Å². The van der Waals surface area contributed by atoms with E-state index in [2.05, 4.69) is 21.8 Å². The number of Topliss-reactive ketones (excluding diaryl/α,β-unsaturated/α-hetero) is 1. The molecule has 0 aliphatic carbocycles. The highest BCUT2D eigenvalue weighted by Gasteiger charge is 2.45. The lowest BCUT2D eigenvalue weighted by Gasteiger charge is -2.34. The molecule has 1 aromatic carbocycles.